The number of anilines is 1. The summed E-state index contributed by atoms with van der Waals surface area (Å²) in [4.78, 5) is 10.1. The van der Waals surface area contributed by atoms with Crippen molar-refractivity contribution in [1.29, 1.82) is 0 Å². The van der Waals surface area contributed by atoms with E-state index in [1.807, 2.05) is 0 Å². The van der Waals surface area contributed by atoms with E-state index in [0.29, 0.717) is 6.04 Å². The molecule has 0 aliphatic carbocycles. The van der Waals surface area contributed by atoms with E-state index in [1.54, 1.807) is 12.3 Å². The van der Waals surface area contributed by atoms with Crippen molar-refractivity contribution in [3.63, 3.8) is 0 Å². The quantitative estimate of drug-likeness (QED) is 0.782. The van der Waals surface area contributed by atoms with Crippen LogP contribution in [0.5, 0.6) is 0 Å². The van der Waals surface area contributed by atoms with Crippen molar-refractivity contribution in [2.75, 3.05) is 25.5 Å². The molecule has 1 heterocycles. The summed E-state index contributed by atoms with van der Waals surface area (Å²) < 4.78 is 0. The minimum absolute atomic E-state index is 0.275. The lowest BCUT2D eigenvalue weighted by atomic mass is 10.3. The Labute approximate surface area is 95.7 Å². The predicted molar refractivity (Wildman–Crippen MR) is 63.3 cm³/mol. The summed E-state index contributed by atoms with van der Waals surface area (Å²) >= 11 is 5.66. The average Bonchev–Trinajstić information content (AvgIpc) is 2.17. The molecule has 1 aromatic rings. The maximum atomic E-state index is 5.66. The summed E-state index contributed by atoms with van der Waals surface area (Å²) in [6.07, 6.45) is 1.64. The molecular formula is C10H17ClN4. The molecule has 0 fully saturated rings. The van der Waals surface area contributed by atoms with Crippen molar-refractivity contribution in [1.82, 2.24) is 14.9 Å². The summed E-state index contributed by atoms with van der Waals surface area (Å²) in [5.74, 6) is 0.771. The molecule has 0 aromatic carbocycles. The topological polar surface area (TPSA) is 41.0 Å². The van der Waals surface area contributed by atoms with E-state index in [0.717, 1.165) is 18.9 Å². The smallest absolute Gasteiger partial charge is 0.224 e. The van der Waals surface area contributed by atoms with Gasteiger partial charge in [0.15, 0.2) is 0 Å². The first-order chi connectivity index (χ1) is 7.09. The van der Waals surface area contributed by atoms with Crippen molar-refractivity contribution in [2.45, 2.75) is 19.9 Å². The van der Waals surface area contributed by atoms with Crippen LogP contribution in [0.4, 0.5) is 5.82 Å². The summed E-state index contributed by atoms with van der Waals surface area (Å²) in [7, 11) is 2.10. The molecule has 0 spiro atoms. The maximum Gasteiger partial charge on any atom is 0.224 e. The first kappa shape index (κ1) is 12.2. The lowest BCUT2D eigenvalue weighted by Gasteiger charge is -2.20. The fourth-order valence-electron chi connectivity index (χ4n) is 1.05. The molecule has 0 aliphatic rings. The molecule has 1 N–H and O–H groups in total. The van der Waals surface area contributed by atoms with Crippen molar-refractivity contribution in [2.24, 2.45) is 0 Å². The molecule has 15 heavy (non-hydrogen) atoms. The molecule has 0 amide bonds. The minimum atomic E-state index is 0.275. The van der Waals surface area contributed by atoms with E-state index in [9.17, 15) is 0 Å². The molecule has 0 radical (unpaired) electrons. The summed E-state index contributed by atoms with van der Waals surface area (Å²) in [5.41, 5.74) is 0. The second kappa shape index (κ2) is 5.88. The Balaban J connectivity index is 2.32. The Morgan fingerprint density at radius 3 is 2.87 bits per heavy atom. The predicted octanol–water partition coefficient (Wildman–Crippen LogP) is 1.88. The monoisotopic (exact) mass is 228 g/mol. The molecule has 4 nitrogen and oxygen atoms in total. The van der Waals surface area contributed by atoms with E-state index in [1.165, 1.54) is 0 Å². The standard InChI is InChI=1S/C10H17ClN4/c1-8(2)15(3)7-6-12-9-4-5-13-10(11)14-9/h4-5,8H,6-7H2,1-3H3,(H,12,13,14). The van der Waals surface area contributed by atoms with Gasteiger partial charge in [0.2, 0.25) is 5.28 Å². The zero-order valence-corrected chi connectivity index (χ0v) is 10.1. The number of aromatic nitrogens is 2. The van der Waals surface area contributed by atoms with Crippen molar-refractivity contribution in [3.05, 3.63) is 17.5 Å². The van der Waals surface area contributed by atoms with Crippen LogP contribution in [0.3, 0.4) is 0 Å². The third kappa shape index (κ3) is 4.44. The number of likely N-dealkylation sites (N-methyl/N-ethyl adjacent to an activating group) is 1. The molecule has 0 saturated heterocycles. The summed E-state index contributed by atoms with van der Waals surface area (Å²) in [5, 5.41) is 3.47. The van der Waals surface area contributed by atoms with Crippen LogP contribution < -0.4 is 5.32 Å². The van der Waals surface area contributed by atoms with Crippen LogP contribution in [0.2, 0.25) is 5.28 Å². The Bertz CT molecular complexity index is 303. The van der Waals surface area contributed by atoms with Gasteiger partial charge in [0, 0.05) is 25.3 Å². The van der Waals surface area contributed by atoms with Crippen LogP contribution in [0, 0.1) is 0 Å². The number of rotatable bonds is 5. The molecule has 0 bridgehead atoms. The molecule has 1 rings (SSSR count). The van der Waals surface area contributed by atoms with Gasteiger partial charge in [-0.3, -0.25) is 0 Å². The first-order valence-electron chi connectivity index (χ1n) is 5.02. The minimum Gasteiger partial charge on any atom is -0.369 e. The summed E-state index contributed by atoms with van der Waals surface area (Å²) in [6.45, 7) is 6.16. The van der Waals surface area contributed by atoms with Gasteiger partial charge in [-0.2, -0.15) is 0 Å². The molecule has 84 valence electrons. The molecule has 5 heteroatoms. The summed E-state index contributed by atoms with van der Waals surface area (Å²) in [6, 6.07) is 2.36. The SMILES string of the molecule is CC(C)N(C)CCNc1ccnc(Cl)n1. The van der Waals surface area contributed by atoms with E-state index in [-0.39, 0.29) is 5.28 Å². The third-order valence-corrected chi connectivity index (χ3v) is 2.46. The van der Waals surface area contributed by atoms with Crippen LogP contribution in [-0.2, 0) is 0 Å². The third-order valence-electron chi connectivity index (χ3n) is 2.28. The lowest BCUT2D eigenvalue weighted by molar-refractivity contribution is 0.284. The maximum absolute atomic E-state index is 5.66. The number of nitrogens with zero attached hydrogens (tertiary/aromatic N) is 3. The molecule has 0 saturated carbocycles. The van der Waals surface area contributed by atoms with Crippen LogP contribution in [0.25, 0.3) is 0 Å². The second-order valence-corrected chi connectivity index (χ2v) is 4.05. The van der Waals surface area contributed by atoms with Gasteiger partial charge >= 0.3 is 0 Å². The van der Waals surface area contributed by atoms with Crippen molar-refractivity contribution < 1.29 is 0 Å². The lowest BCUT2D eigenvalue weighted by Crippen LogP contribution is -2.31. The molecule has 0 atom stereocenters. The van der Waals surface area contributed by atoms with Crippen LogP contribution in [0.15, 0.2) is 12.3 Å². The van der Waals surface area contributed by atoms with E-state index in [2.05, 4.69) is 41.1 Å². The van der Waals surface area contributed by atoms with Crippen molar-refractivity contribution >= 4 is 17.4 Å². The largest absolute Gasteiger partial charge is 0.369 e. The first-order valence-corrected chi connectivity index (χ1v) is 5.40. The van der Waals surface area contributed by atoms with Gasteiger partial charge < -0.3 is 10.2 Å². The van der Waals surface area contributed by atoms with Gasteiger partial charge in [0.05, 0.1) is 0 Å². The Hall–Kier alpha value is -0.870. The Kier molecular flexibility index (Phi) is 4.78. The number of halogens is 1. The Morgan fingerprint density at radius 2 is 2.27 bits per heavy atom. The van der Waals surface area contributed by atoms with Gasteiger partial charge in [-0.1, -0.05) is 0 Å². The fraction of sp³-hybridized carbons (Fsp3) is 0.600. The van der Waals surface area contributed by atoms with Crippen LogP contribution in [0.1, 0.15) is 13.8 Å². The highest BCUT2D eigenvalue weighted by Crippen LogP contribution is 2.05. The molecule has 0 aliphatic heterocycles. The van der Waals surface area contributed by atoms with Gasteiger partial charge in [-0.05, 0) is 38.6 Å². The van der Waals surface area contributed by atoms with E-state index < -0.39 is 0 Å². The fourth-order valence-corrected chi connectivity index (χ4v) is 1.20. The van der Waals surface area contributed by atoms with Crippen molar-refractivity contribution in [3.8, 4) is 0 Å². The van der Waals surface area contributed by atoms with E-state index in [4.69, 9.17) is 11.6 Å². The van der Waals surface area contributed by atoms with Gasteiger partial charge in [-0.25, -0.2) is 9.97 Å². The normalized spacial score (nSPS) is 11.1. The zero-order chi connectivity index (χ0) is 11.3. The van der Waals surface area contributed by atoms with Crippen LogP contribution >= 0.6 is 11.6 Å². The van der Waals surface area contributed by atoms with Gasteiger partial charge in [0.1, 0.15) is 5.82 Å². The van der Waals surface area contributed by atoms with Gasteiger partial charge in [0.25, 0.3) is 0 Å². The average molecular weight is 229 g/mol. The van der Waals surface area contributed by atoms with Gasteiger partial charge in [-0.15, -0.1) is 0 Å². The number of nitrogens with one attached hydrogen (secondary N) is 1. The Morgan fingerprint density at radius 1 is 1.53 bits per heavy atom. The zero-order valence-electron chi connectivity index (χ0n) is 9.37. The second-order valence-electron chi connectivity index (χ2n) is 3.71. The molecular weight excluding hydrogens is 212 g/mol. The number of hydrogen-bond donors (Lipinski definition) is 1. The highest BCUT2D eigenvalue weighted by Gasteiger charge is 2.02. The molecule has 0 unspecified atom stereocenters. The number of hydrogen-bond acceptors (Lipinski definition) is 4. The van der Waals surface area contributed by atoms with Crippen LogP contribution in [-0.4, -0.2) is 41.0 Å². The van der Waals surface area contributed by atoms with E-state index >= 15 is 0 Å². The highest BCUT2D eigenvalue weighted by molar-refractivity contribution is 6.28. The molecule has 1 aromatic heterocycles. The highest BCUT2D eigenvalue weighted by atomic mass is 35.5.